The van der Waals surface area contributed by atoms with Gasteiger partial charge < -0.3 is 0 Å². The lowest BCUT2D eigenvalue weighted by Crippen LogP contribution is -2.23. The molecule has 0 radical (unpaired) electrons. The van der Waals surface area contributed by atoms with Crippen molar-refractivity contribution in [2.45, 2.75) is 43.5 Å². The van der Waals surface area contributed by atoms with Crippen molar-refractivity contribution < 1.29 is 0 Å². The zero-order valence-corrected chi connectivity index (χ0v) is 16.4. The summed E-state index contributed by atoms with van der Waals surface area (Å²) in [5.74, 6) is 1.15. The fraction of sp³-hybridized carbons (Fsp3) is 0.316. The number of rotatable bonds is 3. The van der Waals surface area contributed by atoms with Crippen LogP contribution in [0.1, 0.15) is 29.1 Å². The second-order valence-corrected chi connectivity index (χ2v) is 8.67. The average Bonchev–Trinajstić information content (AvgIpc) is 3.05. The number of thiophene rings is 1. The van der Waals surface area contributed by atoms with Crippen LogP contribution >= 0.6 is 23.1 Å². The third-order valence-corrected chi connectivity index (χ3v) is 6.97. The molecule has 0 saturated carbocycles. The zero-order valence-electron chi connectivity index (χ0n) is 14.8. The lowest BCUT2D eigenvalue weighted by molar-refractivity contribution is 0.644. The predicted octanol–water partition coefficient (Wildman–Crippen LogP) is 3.73. The van der Waals surface area contributed by atoms with Gasteiger partial charge in [-0.1, -0.05) is 29.1 Å². The Bertz CT molecular complexity index is 1230. The van der Waals surface area contributed by atoms with E-state index in [2.05, 4.69) is 20.3 Å². The molecule has 4 aromatic rings. The van der Waals surface area contributed by atoms with Gasteiger partial charge in [0.2, 0.25) is 0 Å². The second kappa shape index (κ2) is 6.69. The van der Waals surface area contributed by atoms with Gasteiger partial charge in [-0.3, -0.25) is 4.79 Å². The highest BCUT2D eigenvalue weighted by atomic mass is 32.2. The van der Waals surface area contributed by atoms with E-state index in [1.807, 2.05) is 19.1 Å². The first kappa shape index (κ1) is 16.8. The molecule has 3 heterocycles. The summed E-state index contributed by atoms with van der Waals surface area (Å²) in [7, 11) is 0. The fourth-order valence-corrected chi connectivity index (χ4v) is 5.91. The first-order valence-electron chi connectivity index (χ1n) is 8.95. The molecule has 0 unspecified atom stereocenters. The SMILES string of the molecule is Cc1nc(SCn2nnc3ccccc3c2=O)c2c3c(sc2n1)CCCC3. The molecule has 0 atom stereocenters. The van der Waals surface area contributed by atoms with Gasteiger partial charge in [0, 0.05) is 10.3 Å². The summed E-state index contributed by atoms with van der Waals surface area (Å²) in [6, 6.07) is 7.29. The number of hydrogen-bond donors (Lipinski definition) is 0. The summed E-state index contributed by atoms with van der Waals surface area (Å²) in [6.07, 6.45) is 4.68. The van der Waals surface area contributed by atoms with Gasteiger partial charge >= 0.3 is 0 Å². The molecule has 136 valence electrons. The molecular weight excluding hydrogens is 378 g/mol. The molecule has 0 aliphatic heterocycles. The van der Waals surface area contributed by atoms with Gasteiger partial charge in [-0.05, 0) is 50.3 Å². The molecule has 1 aliphatic carbocycles. The Kier molecular flexibility index (Phi) is 4.17. The summed E-state index contributed by atoms with van der Waals surface area (Å²) in [4.78, 5) is 24.5. The molecule has 0 bridgehead atoms. The first-order valence-corrected chi connectivity index (χ1v) is 10.7. The molecule has 1 aromatic carbocycles. The van der Waals surface area contributed by atoms with E-state index < -0.39 is 0 Å². The number of nitrogens with zero attached hydrogens (tertiary/aromatic N) is 5. The molecule has 0 saturated heterocycles. The molecule has 27 heavy (non-hydrogen) atoms. The Labute approximate surface area is 163 Å². The standard InChI is InChI=1S/C19H17N5OS2/c1-11-20-17(16-13-7-3-5-9-15(13)27-18(16)21-11)26-10-24-19(25)12-6-2-4-8-14(12)22-23-24/h2,4,6,8H,3,5,7,9-10H2,1H3. The number of thioether (sulfide) groups is 1. The molecule has 1 aliphatic rings. The average molecular weight is 396 g/mol. The van der Waals surface area contributed by atoms with E-state index in [-0.39, 0.29) is 5.56 Å². The van der Waals surface area contributed by atoms with E-state index >= 15 is 0 Å². The summed E-state index contributed by atoms with van der Waals surface area (Å²) >= 11 is 3.33. The topological polar surface area (TPSA) is 73.6 Å². The highest BCUT2D eigenvalue weighted by molar-refractivity contribution is 7.98. The van der Waals surface area contributed by atoms with Crippen LogP contribution in [0.25, 0.3) is 21.1 Å². The summed E-state index contributed by atoms with van der Waals surface area (Å²) < 4.78 is 1.41. The molecule has 6 nitrogen and oxygen atoms in total. The summed E-state index contributed by atoms with van der Waals surface area (Å²) in [5, 5.41) is 11.0. The monoisotopic (exact) mass is 395 g/mol. The van der Waals surface area contributed by atoms with Crippen molar-refractivity contribution in [1.29, 1.82) is 0 Å². The van der Waals surface area contributed by atoms with Crippen molar-refractivity contribution in [3.63, 3.8) is 0 Å². The molecule has 0 fully saturated rings. The Hall–Kier alpha value is -2.32. The first-order chi connectivity index (χ1) is 13.2. The maximum atomic E-state index is 12.7. The molecule has 0 spiro atoms. The van der Waals surface area contributed by atoms with Crippen LogP contribution in [0.2, 0.25) is 0 Å². The quantitative estimate of drug-likeness (QED) is 0.389. The van der Waals surface area contributed by atoms with Gasteiger partial charge in [-0.2, -0.15) is 4.68 Å². The van der Waals surface area contributed by atoms with Crippen LogP contribution in [-0.4, -0.2) is 25.0 Å². The van der Waals surface area contributed by atoms with E-state index in [0.29, 0.717) is 16.8 Å². The zero-order chi connectivity index (χ0) is 18.4. The third kappa shape index (κ3) is 2.93. The molecule has 8 heteroatoms. The summed E-state index contributed by atoms with van der Waals surface area (Å²) in [5.41, 5.74) is 1.90. The van der Waals surface area contributed by atoms with Crippen LogP contribution in [-0.2, 0) is 18.7 Å². The minimum Gasteiger partial charge on any atom is -0.267 e. The Balaban J connectivity index is 1.55. The maximum Gasteiger partial charge on any atom is 0.278 e. The minimum atomic E-state index is -0.123. The van der Waals surface area contributed by atoms with Gasteiger partial charge in [0.1, 0.15) is 21.2 Å². The van der Waals surface area contributed by atoms with Crippen LogP contribution in [0.5, 0.6) is 0 Å². The van der Waals surface area contributed by atoms with E-state index in [0.717, 1.165) is 28.5 Å². The van der Waals surface area contributed by atoms with Crippen molar-refractivity contribution in [2.75, 3.05) is 0 Å². The van der Waals surface area contributed by atoms with Crippen molar-refractivity contribution in [1.82, 2.24) is 25.0 Å². The van der Waals surface area contributed by atoms with Crippen LogP contribution in [0.4, 0.5) is 0 Å². The normalized spacial score (nSPS) is 14.0. The van der Waals surface area contributed by atoms with Crippen LogP contribution in [0.3, 0.4) is 0 Å². The van der Waals surface area contributed by atoms with Crippen molar-refractivity contribution >= 4 is 44.2 Å². The van der Waals surface area contributed by atoms with E-state index in [1.54, 1.807) is 23.5 Å². The predicted molar refractivity (Wildman–Crippen MR) is 108 cm³/mol. The van der Waals surface area contributed by atoms with Gasteiger partial charge in [-0.25, -0.2) is 9.97 Å². The maximum absolute atomic E-state index is 12.7. The van der Waals surface area contributed by atoms with Crippen LogP contribution in [0, 0.1) is 6.92 Å². The number of aryl methyl sites for hydroxylation is 3. The Morgan fingerprint density at radius 3 is 2.96 bits per heavy atom. The lowest BCUT2D eigenvalue weighted by atomic mass is 9.97. The van der Waals surface area contributed by atoms with E-state index in [9.17, 15) is 4.79 Å². The third-order valence-electron chi connectivity index (χ3n) is 4.85. The van der Waals surface area contributed by atoms with E-state index in [1.165, 1.54) is 45.1 Å². The highest BCUT2D eigenvalue weighted by Crippen LogP contribution is 2.39. The molecule has 5 rings (SSSR count). The number of benzene rings is 1. The van der Waals surface area contributed by atoms with Gasteiger partial charge in [-0.15, -0.1) is 16.4 Å². The van der Waals surface area contributed by atoms with Gasteiger partial charge in [0.25, 0.3) is 5.56 Å². The molecule has 0 N–H and O–H groups in total. The highest BCUT2D eigenvalue weighted by Gasteiger charge is 2.21. The number of aromatic nitrogens is 5. The molecule has 3 aromatic heterocycles. The number of fused-ring (bicyclic) bond motifs is 4. The van der Waals surface area contributed by atoms with Crippen molar-refractivity contribution in [3.05, 3.63) is 50.9 Å². The lowest BCUT2D eigenvalue weighted by Gasteiger charge is -2.12. The Morgan fingerprint density at radius 1 is 1.19 bits per heavy atom. The Morgan fingerprint density at radius 2 is 2.04 bits per heavy atom. The van der Waals surface area contributed by atoms with Gasteiger partial charge in [0.05, 0.1) is 11.3 Å². The molecule has 0 amide bonds. The largest absolute Gasteiger partial charge is 0.278 e. The van der Waals surface area contributed by atoms with E-state index in [4.69, 9.17) is 0 Å². The molecular formula is C19H17N5OS2. The second-order valence-electron chi connectivity index (χ2n) is 6.65. The minimum absolute atomic E-state index is 0.123. The van der Waals surface area contributed by atoms with Crippen LogP contribution in [0.15, 0.2) is 34.1 Å². The van der Waals surface area contributed by atoms with Crippen LogP contribution < -0.4 is 5.56 Å². The van der Waals surface area contributed by atoms with Crippen molar-refractivity contribution in [3.8, 4) is 0 Å². The summed E-state index contributed by atoms with van der Waals surface area (Å²) in [6.45, 7) is 1.92. The smallest absolute Gasteiger partial charge is 0.267 e. The fourth-order valence-electron chi connectivity index (χ4n) is 3.56. The van der Waals surface area contributed by atoms with Gasteiger partial charge in [0.15, 0.2) is 0 Å². The number of hydrogen-bond acceptors (Lipinski definition) is 7. The van der Waals surface area contributed by atoms with Crippen molar-refractivity contribution in [2.24, 2.45) is 0 Å².